The van der Waals surface area contributed by atoms with Gasteiger partial charge in [-0.3, -0.25) is 18.7 Å². The maximum absolute atomic E-state index is 12.7. The number of pyridine rings is 1. The molecular weight excluding hydrogens is 422 g/mol. The molecule has 1 fully saturated rings. The van der Waals surface area contributed by atoms with Crippen molar-refractivity contribution in [3.63, 3.8) is 0 Å². The first-order chi connectivity index (χ1) is 14.3. The Balaban J connectivity index is 1.48. The number of Topliss-reactive ketones (excluding diaryl/α,β-unsaturated/α-hetero) is 1. The van der Waals surface area contributed by atoms with Crippen LogP contribution in [0.1, 0.15) is 29.2 Å². The number of benzene rings is 1. The molecule has 8 nitrogen and oxygen atoms in total. The van der Waals surface area contributed by atoms with E-state index < -0.39 is 10.0 Å². The largest absolute Gasteiger partial charge is 0.299 e. The van der Waals surface area contributed by atoms with Crippen LogP contribution in [0.5, 0.6) is 0 Å². The van der Waals surface area contributed by atoms with Gasteiger partial charge in [-0.05, 0) is 49.2 Å². The zero-order chi connectivity index (χ0) is 21.3. The Bertz CT molecular complexity index is 1160. The number of anilines is 1. The van der Waals surface area contributed by atoms with Crippen molar-refractivity contribution in [3.05, 3.63) is 54.4 Å². The highest BCUT2D eigenvalue weighted by Gasteiger charge is 2.30. The Hall–Kier alpha value is -2.72. The number of thioether (sulfide) groups is 1. The average Bonchev–Trinajstić information content (AvgIpc) is 3.50. The second kappa shape index (κ2) is 8.19. The third-order valence-electron chi connectivity index (χ3n) is 4.90. The normalized spacial score (nSPS) is 13.9. The molecule has 2 aromatic heterocycles. The number of hydrogen-bond donors (Lipinski definition) is 0. The molecule has 0 bridgehead atoms. The van der Waals surface area contributed by atoms with E-state index in [0.29, 0.717) is 17.3 Å². The van der Waals surface area contributed by atoms with Crippen molar-refractivity contribution in [1.29, 1.82) is 0 Å². The summed E-state index contributed by atoms with van der Waals surface area (Å²) in [5.74, 6) is 0.968. The van der Waals surface area contributed by atoms with E-state index in [9.17, 15) is 13.2 Å². The van der Waals surface area contributed by atoms with Gasteiger partial charge in [-0.1, -0.05) is 11.8 Å². The average molecular weight is 444 g/mol. The smallest absolute Gasteiger partial charge is 0.231 e. The van der Waals surface area contributed by atoms with Crippen LogP contribution in [-0.2, 0) is 10.0 Å². The van der Waals surface area contributed by atoms with Gasteiger partial charge in [0.15, 0.2) is 16.8 Å². The van der Waals surface area contributed by atoms with Gasteiger partial charge in [0.2, 0.25) is 10.0 Å². The molecule has 30 heavy (non-hydrogen) atoms. The molecule has 0 spiro atoms. The summed E-state index contributed by atoms with van der Waals surface area (Å²) in [5.41, 5.74) is 1.99. The Labute approximate surface area is 179 Å². The zero-order valence-electron chi connectivity index (χ0n) is 16.6. The lowest BCUT2D eigenvalue weighted by Gasteiger charge is -2.16. The van der Waals surface area contributed by atoms with Gasteiger partial charge in [-0.15, -0.1) is 10.2 Å². The van der Waals surface area contributed by atoms with E-state index in [1.54, 1.807) is 36.7 Å². The highest BCUT2D eigenvalue weighted by Crippen LogP contribution is 2.41. The van der Waals surface area contributed by atoms with Gasteiger partial charge in [0.1, 0.15) is 0 Å². The molecule has 0 saturated heterocycles. The third kappa shape index (κ3) is 4.39. The van der Waals surface area contributed by atoms with Crippen molar-refractivity contribution < 1.29 is 13.2 Å². The van der Waals surface area contributed by atoms with Gasteiger partial charge in [-0.2, -0.15) is 0 Å². The first kappa shape index (κ1) is 20.5. The molecule has 0 N–H and O–H groups in total. The molecule has 0 aliphatic heterocycles. The van der Waals surface area contributed by atoms with Crippen LogP contribution in [0, 0.1) is 0 Å². The molecule has 0 atom stereocenters. The molecule has 1 saturated carbocycles. The van der Waals surface area contributed by atoms with E-state index in [2.05, 4.69) is 19.7 Å². The molecule has 1 aliphatic carbocycles. The van der Waals surface area contributed by atoms with E-state index in [-0.39, 0.29) is 11.5 Å². The lowest BCUT2D eigenvalue weighted by Crippen LogP contribution is -2.24. The topological polar surface area (TPSA) is 98.1 Å². The van der Waals surface area contributed by atoms with E-state index in [1.807, 2.05) is 12.1 Å². The van der Waals surface area contributed by atoms with Crippen molar-refractivity contribution >= 4 is 33.3 Å². The second-order valence-corrected chi connectivity index (χ2v) is 10.1. The Morgan fingerprint density at radius 1 is 1.13 bits per heavy atom. The standard InChI is InChI=1S/C20H21N5O3S2/c1-24(30(2,27)28)16-5-3-14(4-6-16)18(26)13-29-20-23-22-19(25(20)17-7-8-17)15-9-11-21-12-10-15/h3-6,9-12,17H,7-8,13H2,1-2H3. The van der Waals surface area contributed by atoms with E-state index in [0.717, 1.165) is 35.6 Å². The molecule has 10 heteroatoms. The molecule has 4 rings (SSSR count). The molecule has 2 heterocycles. The van der Waals surface area contributed by atoms with E-state index in [4.69, 9.17) is 0 Å². The summed E-state index contributed by atoms with van der Waals surface area (Å²) in [5, 5.41) is 9.38. The SMILES string of the molecule is CN(c1ccc(C(=O)CSc2nnc(-c3ccncc3)n2C2CC2)cc1)S(C)(=O)=O. The van der Waals surface area contributed by atoms with Crippen LogP contribution in [0.15, 0.2) is 53.9 Å². The van der Waals surface area contributed by atoms with Crippen LogP contribution >= 0.6 is 11.8 Å². The van der Waals surface area contributed by atoms with Crippen LogP contribution in [0.3, 0.4) is 0 Å². The Kier molecular flexibility index (Phi) is 5.61. The predicted molar refractivity (Wildman–Crippen MR) is 116 cm³/mol. The molecule has 3 aromatic rings. The van der Waals surface area contributed by atoms with Crippen molar-refractivity contribution in [2.75, 3.05) is 23.4 Å². The molecule has 156 valence electrons. The van der Waals surface area contributed by atoms with Gasteiger partial charge >= 0.3 is 0 Å². The number of aromatic nitrogens is 4. The third-order valence-corrected chi connectivity index (χ3v) is 7.05. The first-order valence-electron chi connectivity index (χ1n) is 9.40. The summed E-state index contributed by atoms with van der Waals surface area (Å²) >= 11 is 1.37. The number of carbonyl (C=O) groups excluding carboxylic acids is 1. The predicted octanol–water partition coefficient (Wildman–Crippen LogP) is 3.05. The number of hydrogen-bond acceptors (Lipinski definition) is 7. The van der Waals surface area contributed by atoms with Crippen LogP contribution in [0.4, 0.5) is 5.69 Å². The molecule has 1 aromatic carbocycles. The number of rotatable bonds is 8. The summed E-state index contributed by atoms with van der Waals surface area (Å²) < 4.78 is 26.6. The van der Waals surface area contributed by atoms with Gasteiger partial charge < -0.3 is 0 Å². The minimum Gasteiger partial charge on any atom is -0.299 e. The lowest BCUT2D eigenvalue weighted by molar-refractivity contribution is 0.102. The fourth-order valence-corrected chi connectivity index (χ4v) is 4.40. The van der Waals surface area contributed by atoms with Gasteiger partial charge in [0, 0.05) is 36.6 Å². The summed E-state index contributed by atoms with van der Waals surface area (Å²) in [6, 6.07) is 10.7. The number of sulfonamides is 1. The fourth-order valence-electron chi connectivity index (χ4n) is 3.00. The number of ketones is 1. The summed E-state index contributed by atoms with van der Waals surface area (Å²) in [6.07, 6.45) is 6.74. The monoisotopic (exact) mass is 443 g/mol. The van der Waals surface area contributed by atoms with Crippen molar-refractivity contribution in [1.82, 2.24) is 19.7 Å². The van der Waals surface area contributed by atoms with Crippen LogP contribution in [0.2, 0.25) is 0 Å². The van der Waals surface area contributed by atoms with Crippen LogP contribution in [0.25, 0.3) is 11.4 Å². The van der Waals surface area contributed by atoms with Gasteiger partial charge in [0.05, 0.1) is 17.7 Å². The summed E-state index contributed by atoms with van der Waals surface area (Å²) in [7, 11) is -1.86. The van der Waals surface area contributed by atoms with E-state index >= 15 is 0 Å². The lowest BCUT2D eigenvalue weighted by atomic mass is 10.1. The molecular formula is C20H21N5O3S2. The molecule has 0 unspecified atom stereocenters. The molecule has 1 aliphatic rings. The summed E-state index contributed by atoms with van der Waals surface area (Å²) in [4.78, 5) is 16.7. The quantitative estimate of drug-likeness (QED) is 0.390. The minimum absolute atomic E-state index is 0.0515. The minimum atomic E-state index is -3.34. The fraction of sp³-hybridized carbons (Fsp3) is 0.300. The first-order valence-corrected chi connectivity index (χ1v) is 12.2. The Morgan fingerprint density at radius 3 is 2.40 bits per heavy atom. The van der Waals surface area contributed by atoms with Crippen molar-refractivity contribution in [2.24, 2.45) is 0 Å². The van der Waals surface area contributed by atoms with Gasteiger partial charge in [0.25, 0.3) is 0 Å². The second-order valence-electron chi connectivity index (χ2n) is 7.13. The van der Waals surface area contributed by atoms with E-state index in [1.165, 1.54) is 23.1 Å². The molecule has 0 amide bonds. The van der Waals surface area contributed by atoms with Crippen LogP contribution in [-0.4, -0.2) is 53.0 Å². The number of carbonyl (C=O) groups is 1. The van der Waals surface area contributed by atoms with Gasteiger partial charge in [-0.25, -0.2) is 8.42 Å². The zero-order valence-corrected chi connectivity index (χ0v) is 18.2. The summed E-state index contributed by atoms with van der Waals surface area (Å²) in [6.45, 7) is 0. The van der Waals surface area contributed by atoms with Crippen LogP contribution < -0.4 is 4.31 Å². The maximum Gasteiger partial charge on any atom is 0.231 e. The highest BCUT2D eigenvalue weighted by atomic mass is 32.2. The molecule has 0 radical (unpaired) electrons. The maximum atomic E-state index is 12.7. The number of nitrogens with zero attached hydrogens (tertiary/aromatic N) is 5. The highest BCUT2D eigenvalue weighted by molar-refractivity contribution is 7.99. The van der Waals surface area contributed by atoms with Crippen molar-refractivity contribution in [3.8, 4) is 11.4 Å². The van der Waals surface area contributed by atoms with Crippen molar-refractivity contribution in [2.45, 2.75) is 24.0 Å². The Morgan fingerprint density at radius 2 is 1.80 bits per heavy atom.